The molecule has 5 heterocycles. The Balaban J connectivity index is 1.25. The molecule has 1 spiro atoms. The number of alkyl halides is 3. The fourth-order valence-corrected chi connectivity index (χ4v) is 16.9. The van der Waals surface area contributed by atoms with Gasteiger partial charge in [-0.25, -0.2) is 26.7 Å². The monoisotopic (exact) mass is 904 g/mol. The molecule has 1 aliphatic carbocycles. The maximum atomic E-state index is 17.7. The van der Waals surface area contributed by atoms with Gasteiger partial charge in [-0.1, -0.05) is 71.7 Å². The van der Waals surface area contributed by atoms with Crippen molar-refractivity contribution in [3.63, 3.8) is 0 Å². The largest absolute Gasteiger partial charge is 0.461 e. The van der Waals surface area contributed by atoms with Crippen LogP contribution < -0.4 is 9.64 Å². The van der Waals surface area contributed by atoms with Crippen molar-refractivity contribution in [3.05, 3.63) is 53.7 Å². The molecule has 9 nitrogen and oxygen atoms in total. The Labute approximate surface area is 374 Å². The first kappa shape index (κ1) is 46.0. The normalized spacial score (nSPS) is 25.5. The van der Waals surface area contributed by atoms with Gasteiger partial charge in [0.05, 0.1) is 34.0 Å². The number of hydrogen-bond acceptors (Lipinski definition) is 8. The summed E-state index contributed by atoms with van der Waals surface area (Å²) >= 11 is 0. The lowest BCUT2D eigenvalue weighted by atomic mass is 9.88. The van der Waals surface area contributed by atoms with Gasteiger partial charge in [0.1, 0.15) is 49.3 Å². The molecule has 3 saturated heterocycles. The molecule has 2 aromatic carbocycles. The SMILES string of the molecule is CC(C)[Si](C#Cc1c(F)ccc2cccc(-c3ncc4c(N(C)[C@@H]5CCN(C(=O)OC(C)(C)C)[C@@H]5C)nc(OC[C@]56C[C@@H](F)CN5CC5(CC5(F)F)C6)nc4c3F)c12)(C(C)C)C(C)C. The van der Waals surface area contributed by atoms with E-state index in [1.807, 2.05) is 17.9 Å². The molecular weight excluding hydrogens is 844 g/mol. The van der Waals surface area contributed by atoms with Crippen LogP contribution in [0.2, 0.25) is 16.6 Å². The number of halogens is 5. The molecule has 1 saturated carbocycles. The number of amides is 1. The molecule has 2 aromatic heterocycles. The van der Waals surface area contributed by atoms with Crippen LogP contribution in [0, 0.1) is 28.5 Å². The molecule has 0 radical (unpaired) electrons. The van der Waals surface area contributed by atoms with Crippen LogP contribution in [0.25, 0.3) is 32.9 Å². The van der Waals surface area contributed by atoms with Crippen molar-refractivity contribution in [2.24, 2.45) is 5.41 Å². The number of carbonyl (C=O) groups is 1. The van der Waals surface area contributed by atoms with Gasteiger partial charge in [0.2, 0.25) is 0 Å². The number of nitrogens with zero attached hydrogens (tertiary/aromatic N) is 6. The van der Waals surface area contributed by atoms with E-state index < -0.39 is 54.5 Å². The summed E-state index contributed by atoms with van der Waals surface area (Å²) in [5.41, 5.74) is 1.90. The van der Waals surface area contributed by atoms with E-state index in [2.05, 4.69) is 58.0 Å². The minimum absolute atomic E-state index is 0.0195. The van der Waals surface area contributed by atoms with Crippen LogP contribution in [0.1, 0.15) is 100 Å². The number of ether oxygens (including phenoxy) is 2. The average molecular weight is 905 g/mol. The zero-order valence-corrected chi connectivity index (χ0v) is 39.9. The van der Waals surface area contributed by atoms with Gasteiger partial charge in [-0.15, -0.1) is 5.54 Å². The summed E-state index contributed by atoms with van der Waals surface area (Å²) in [7, 11) is -0.514. The Morgan fingerprint density at radius 1 is 1.03 bits per heavy atom. The minimum Gasteiger partial charge on any atom is -0.461 e. The molecule has 5 atom stereocenters. The van der Waals surface area contributed by atoms with Crippen LogP contribution in [0.4, 0.5) is 32.6 Å². The quantitative estimate of drug-likeness (QED) is 0.0933. The molecule has 64 heavy (non-hydrogen) atoms. The highest BCUT2D eigenvalue weighted by Gasteiger charge is 2.77. The standard InChI is InChI=1S/C49H61F5N6O3Si/c1-28(2)64(29(3)4,30(5)6)20-18-34-37(51)16-15-32-13-12-14-35(39(32)34)41-40(52)42-36(22-55-41)43(58(11)38-17-19-60(31(38)7)45(61)63-46(8,9)10)57-44(56-42)62-27-48-21-33(50)23-59(48)26-47(24-48)25-49(47,53)54/h12-16,22,28-31,33,38H,17,19,21,23-27H2,1-11H3/t31-,33-,38-,47?,48-/m1/s1. The van der Waals surface area contributed by atoms with Crippen LogP contribution >= 0.6 is 0 Å². The first-order valence-electron chi connectivity index (χ1n) is 22.7. The maximum Gasteiger partial charge on any atom is 0.410 e. The van der Waals surface area contributed by atoms with Crippen molar-refractivity contribution < 1.29 is 36.2 Å². The first-order valence-corrected chi connectivity index (χ1v) is 24.9. The maximum absolute atomic E-state index is 17.7. The molecule has 0 bridgehead atoms. The van der Waals surface area contributed by atoms with Crippen LogP contribution in [0.3, 0.4) is 0 Å². The highest BCUT2D eigenvalue weighted by Crippen LogP contribution is 2.69. The zero-order chi connectivity index (χ0) is 46.5. The fourth-order valence-electron chi connectivity index (χ4n) is 11.6. The smallest absolute Gasteiger partial charge is 0.410 e. The molecule has 0 N–H and O–H groups in total. The molecule has 1 unspecified atom stereocenters. The number of pyridine rings is 1. The van der Waals surface area contributed by atoms with Crippen molar-refractivity contribution in [2.75, 3.05) is 38.2 Å². The lowest BCUT2D eigenvalue weighted by Gasteiger charge is -2.38. The van der Waals surface area contributed by atoms with Gasteiger partial charge in [0.15, 0.2) is 5.82 Å². The van der Waals surface area contributed by atoms with Crippen molar-refractivity contribution >= 4 is 41.7 Å². The lowest BCUT2D eigenvalue weighted by molar-refractivity contribution is 0.0233. The summed E-state index contributed by atoms with van der Waals surface area (Å²) in [5.74, 6) is -0.583. The predicted molar refractivity (Wildman–Crippen MR) is 243 cm³/mol. The lowest BCUT2D eigenvalue weighted by Crippen LogP contribution is -2.45. The van der Waals surface area contributed by atoms with Crippen LogP contribution in [-0.4, -0.2) is 108 Å². The highest BCUT2D eigenvalue weighted by molar-refractivity contribution is 6.90. The topological polar surface area (TPSA) is 83.9 Å². The van der Waals surface area contributed by atoms with E-state index in [4.69, 9.17) is 19.4 Å². The molecule has 4 aromatic rings. The summed E-state index contributed by atoms with van der Waals surface area (Å²) in [6.07, 6.45) is 0.203. The van der Waals surface area contributed by atoms with Crippen LogP contribution in [0.15, 0.2) is 36.5 Å². The number of hydrogen-bond donors (Lipinski definition) is 0. The van der Waals surface area contributed by atoms with E-state index in [9.17, 15) is 13.6 Å². The van der Waals surface area contributed by atoms with Gasteiger partial charge in [-0.3, -0.25) is 9.88 Å². The summed E-state index contributed by atoms with van der Waals surface area (Å²) in [6.45, 7) is 20.8. The number of fused-ring (bicyclic) bond motifs is 3. The van der Waals surface area contributed by atoms with E-state index in [1.54, 1.807) is 55.8 Å². The van der Waals surface area contributed by atoms with Gasteiger partial charge in [-0.2, -0.15) is 9.97 Å². The number of rotatable bonds is 9. The second-order valence-corrected chi connectivity index (χ2v) is 26.5. The number of anilines is 1. The predicted octanol–water partition coefficient (Wildman–Crippen LogP) is 11.1. The van der Waals surface area contributed by atoms with Gasteiger partial charge in [-0.05, 0) is 68.6 Å². The van der Waals surface area contributed by atoms with Gasteiger partial charge < -0.3 is 19.3 Å². The molecule has 1 amide bonds. The third-order valence-electron chi connectivity index (χ3n) is 14.9. The molecule has 15 heteroatoms. The average Bonchev–Trinajstić information content (AvgIpc) is 3.49. The molecule has 8 rings (SSSR count). The van der Waals surface area contributed by atoms with Crippen LogP contribution in [0.5, 0.6) is 6.01 Å². The minimum atomic E-state index is -2.83. The van der Waals surface area contributed by atoms with Crippen LogP contribution in [-0.2, 0) is 4.74 Å². The van der Waals surface area contributed by atoms with E-state index in [-0.39, 0.29) is 85.0 Å². The van der Waals surface area contributed by atoms with Crippen molar-refractivity contribution in [1.82, 2.24) is 24.8 Å². The Morgan fingerprint density at radius 3 is 2.36 bits per heavy atom. The molecule has 3 aliphatic heterocycles. The Hall–Kier alpha value is -4.55. The number of aromatic nitrogens is 3. The Morgan fingerprint density at radius 2 is 1.72 bits per heavy atom. The van der Waals surface area contributed by atoms with Crippen molar-refractivity contribution in [1.29, 1.82) is 0 Å². The number of likely N-dealkylation sites (tertiary alicyclic amines) is 1. The third-order valence-corrected chi connectivity index (χ3v) is 21.2. The van der Waals surface area contributed by atoms with E-state index in [0.29, 0.717) is 45.9 Å². The second-order valence-electron chi connectivity index (χ2n) is 20.9. The van der Waals surface area contributed by atoms with Crippen molar-refractivity contribution in [2.45, 2.75) is 147 Å². The third kappa shape index (κ3) is 7.67. The number of carbonyl (C=O) groups excluding carboxylic acids is 1. The van der Waals surface area contributed by atoms with Crippen molar-refractivity contribution in [3.8, 4) is 28.7 Å². The Bertz CT molecular complexity index is 2540. The fraction of sp³-hybridized carbons (Fsp3) is 0.592. The van der Waals surface area contributed by atoms with E-state index in [1.165, 1.54) is 12.3 Å². The van der Waals surface area contributed by atoms with E-state index >= 15 is 13.2 Å². The zero-order valence-electron chi connectivity index (χ0n) is 38.9. The summed E-state index contributed by atoms with van der Waals surface area (Å²) in [4.78, 5) is 32.7. The number of benzene rings is 2. The van der Waals surface area contributed by atoms with Gasteiger partial charge in [0, 0.05) is 56.7 Å². The molecule has 4 fully saturated rings. The molecule has 344 valence electrons. The summed E-state index contributed by atoms with van der Waals surface area (Å²) in [5, 5.41) is 1.35. The first-order chi connectivity index (χ1) is 29.9. The molecular formula is C49H61F5N6O3Si. The summed E-state index contributed by atoms with van der Waals surface area (Å²) in [6, 6.07) is 7.48. The number of likely N-dealkylation sites (N-methyl/N-ethyl adjacent to an activating group) is 1. The summed E-state index contributed by atoms with van der Waals surface area (Å²) < 4.78 is 90.4. The highest BCUT2D eigenvalue weighted by atomic mass is 28.3. The Kier molecular flexibility index (Phi) is 11.6. The van der Waals surface area contributed by atoms with Gasteiger partial charge in [0.25, 0.3) is 5.92 Å². The second kappa shape index (κ2) is 16.1. The molecule has 4 aliphatic rings. The van der Waals surface area contributed by atoms with E-state index in [0.717, 1.165) is 0 Å². The van der Waals surface area contributed by atoms with Gasteiger partial charge >= 0.3 is 12.1 Å².